The van der Waals surface area contributed by atoms with Gasteiger partial charge in [-0.05, 0) is 36.5 Å². The molecule has 2 rings (SSSR count). The molecule has 0 aromatic heterocycles. The van der Waals surface area contributed by atoms with E-state index in [9.17, 15) is 9.90 Å². The quantitative estimate of drug-likeness (QED) is 0.716. The maximum atomic E-state index is 12.1. The van der Waals surface area contributed by atoms with Crippen LogP contribution in [0, 0.1) is 22.7 Å². The third-order valence-electron chi connectivity index (χ3n) is 5.23. The third-order valence-corrected chi connectivity index (χ3v) is 5.23. The van der Waals surface area contributed by atoms with Crippen LogP contribution in [0.1, 0.15) is 46.5 Å². The van der Waals surface area contributed by atoms with Crippen molar-refractivity contribution >= 4 is 5.97 Å². The fourth-order valence-electron chi connectivity index (χ4n) is 4.05. The molecule has 0 heterocycles. The minimum absolute atomic E-state index is 0.0669. The van der Waals surface area contributed by atoms with Gasteiger partial charge in [-0.3, -0.25) is 4.79 Å². The van der Waals surface area contributed by atoms with Crippen LogP contribution in [0.4, 0.5) is 0 Å². The van der Waals surface area contributed by atoms with Crippen molar-refractivity contribution in [2.75, 3.05) is 7.11 Å². The summed E-state index contributed by atoms with van der Waals surface area (Å²) in [5, 5.41) is 10.2. The SMILES string of the molecule is COC(=O)[C@@H]1[C@@H]2[C@@H](O)CC[C@]2(C)CCC1(C)C. The number of carbonyl (C=O) groups is 1. The first-order valence-corrected chi connectivity index (χ1v) is 6.58. The summed E-state index contributed by atoms with van der Waals surface area (Å²) in [4.78, 5) is 12.1. The molecule has 98 valence electrons. The second-order valence-electron chi connectivity index (χ2n) is 6.78. The van der Waals surface area contributed by atoms with Crippen LogP contribution >= 0.6 is 0 Å². The van der Waals surface area contributed by atoms with Gasteiger partial charge in [0, 0.05) is 5.92 Å². The Kier molecular flexibility index (Phi) is 3.01. The minimum Gasteiger partial charge on any atom is -0.469 e. The molecule has 17 heavy (non-hydrogen) atoms. The Morgan fingerprint density at radius 2 is 1.88 bits per heavy atom. The van der Waals surface area contributed by atoms with Crippen molar-refractivity contribution in [1.82, 2.24) is 0 Å². The van der Waals surface area contributed by atoms with E-state index in [4.69, 9.17) is 4.74 Å². The molecule has 3 heteroatoms. The molecule has 0 spiro atoms. The van der Waals surface area contributed by atoms with E-state index in [2.05, 4.69) is 20.8 Å². The fraction of sp³-hybridized carbons (Fsp3) is 0.929. The van der Waals surface area contributed by atoms with Crippen LogP contribution < -0.4 is 0 Å². The highest BCUT2D eigenvalue weighted by Gasteiger charge is 2.58. The lowest BCUT2D eigenvalue weighted by Crippen LogP contribution is -2.50. The fourth-order valence-corrected chi connectivity index (χ4v) is 4.05. The molecular weight excluding hydrogens is 216 g/mol. The van der Waals surface area contributed by atoms with E-state index in [0.29, 0.717) is 0 Å². The number of hydrogen-bond donors (Lipinski definition) is 1. The molecule has 0 saturated heterocycles. The van der Waals surface area contributed by atoms with Crippen molar-refractivity contribution in [3.05, 3.63) is 0 Å². The summed E-state index contributed by atoms with van der Waals surface area (Å²) in [5.74, 6) is -0.241. The number of rotatable bonds is 1. The van der Waals surface area contributed by atoms with Gasteiger partial charge in [-0.2, -0.15) is 0 Å². The zero-order chi connectivity index (χ0) is 12.8. The van der Waals surface area contributed by atoms with Gasteiger partial charge in [0.15, 0.2) is 0 Å². The Hall–Kier alpha value is -0.570. The Labute approximate surface area is 104 Å². The summed E-state index contributed by atoms with van der Waals surface area (Å²) in [6.45, 7) is 6.47. The van der Waals surface area contributed by atoms with E-state index < -0.39 is 0 Å². The van der Waals surface area contributed by atoms with Crippen molar-refractivity contribution < 1.29 is 14.6 Å². The standard InChI is InChI=1S/C14H24O3/c1-13(2)7-8-14(3)6-5-9(15)10(14)11(13)12(16)17-4/h9-11,15H,5-8H2,1-4H3/t9-,10-,11-,14+/m0/s1. The predicted molar refractivity (Wildman–Crippen MR) is 65.4 cm³/mol. The summed E-state index contributed by atoms with van der Waals surface area (Å²) in [5.41, 5.74) is 0.0520. The van der Waals surface area contributed by atoms with Crippen LogP contribution in [0.3, 0.4) is 0 Å². The molecule has 2 aliphatic rings. The number of ether oxygens (including phenoxy) is 1. The van der Waals surface area contributed by atoms with Gasteiger partial charge >= 0.3 is 5.97 Å². The zero-order valence-electron chi connectivity index (χ0n) is 11.3. The van der Waals surface area contributed by atoms with Gasteiger partial charge in [0.25, 0.3) is 0 Å². The second-order valence-corrected chi connectivity index (χ2v) is 6.78. The largest absolute Gasteiger partial charge is 0.469 e. The van der Waals surface area contributed by atoms with Crippen molar-refractivity contribution in [2.45, 2.75) is 52.6 Å². The molecular formula is C14H24O3. The predicted octanol–water partition coefficient (Wildman–Crippen LogP) is 2.37. The van der Waals surface area contributed by atoms with Crippen molar-refractivity contribution in [1.29, 1.82) is 0 Å². The van der Waals surface area contributed by atoms with E-state index in [1.807, 2.05) is 0 Å². The minimum atomic E-state index is -0.344. The lowest BCUT2D eigenvalue weighted by Gasteiger charge is -2.50. The van der Waals surface area contributed by atoms with Crippen LogP contribution in [-0.4, -0.2) is 24.3 Å². The summed E-state index contributed by atoms with van der Waals surface area (Å²) in [6, 6.07) is 0. The third kappa shape index (κ3) is 1.88. The average molecular weight is 240 g/mol. The van der Waals surface area contributed by atoms with Crippen molar-refractivity contribution in [2.24, 2.45) is 22.7 Å². The number of esters is 1. The summed E-state index contributed by atoms with van der Waals surface area (Å²) in [6.07, 6.45) is 3.65. The molecule has 0 unspecified atom stereocenters. The maximum Gasteiger partial charge on any atom is 0.309 e. The zero-order valence-corrected chi connectivity index (χ0v) is 11.3. The number of aliphatic hydroxyl groups is 1. The first-order valence-electron chi connectivity index (χ1n) is 6.58. The normalized spacial score (nSPS) is 44.2. The van der Waals surface area contributed by atoms with Crippen LogP contribution in [-0.2, 0) is 9.53 Å². The molecule has 2 saturated carbocycles. The van der Waals surface area contributed by atoms with Gasteiger partial charge in [-0.15, -0.1) is 0 Å². The van der Waals surface area contributed by atoms with Gasteiger partial charge in [0.05, 0.1) is 19.1 Å². The van der Waals surface area contributed by atoms with E-state index in [0.717, 1.165) is 25.7 Å². The molecule has 0 bridgehead atoms. The van der Waals surface area contributed by atoms with Gasteiger partial charge < -0.3 is 9.84 Å². The number of aliphatic hydroxyl groups excluding tert-OH is 1. The van der Waals surface area contributed by atoms with Gasteiger partial charge in [0.1, 0.15) is 0 Å². The molecule has 0 radical (unpaired) electrons. The van der Waals surface area contributed by atoms with E-state index in [1.165, 1.54) is 7.11 Å². The molecule has 0 aliphatic heterocycles. The number of carbonyl (C=O) groups excluding carboxylic acids is 1. The van der Waals surface area contributed by atoms with Crippen LogP contribution in [0.5, 0.6) is 0 Å². The lowest BCUT2D eigenvalue weighted by molar-refractivity contribution is -0.163. The Bertz CT molecular complexity index is 323. The summed E-state index contributed by atoms with van der Waals surface area (Å²) >= 11 is 0. The highest BCUT2D eigenvalue weighted by molar-refractivity contribution is 5.74. The molecule has 0 aromatic carbocycles. The molecule has 0 amide bonds. The van der Waals surface area contributed by atoms with E-state index in [-0.39, 0.29) is 34.7 Å². The second kappa shape index (κ2) is 3.98. The monoisotopic (exact) mass is 240 g/mol. The van der Waals surface area contributed by atoms with Gasteiger partial charge in [-0.25, -0.2) is 0 Å². The Morgan fingerprint density at radius 1 is 1.24 bits per heavy atom. The number of fused-ring (bicyclic) bond motifs is 1. The first-order chi connectivity index (χ1) is 7.82. The molecule has 3 nitrogen and oxygen atoms in total. The van der Waals surface area contributed by atoms with Crippen LogP contribution in [0.25, 0.3) is 0 Å². The average Bonchev–Trinajstić information content (AvgIpc) is 2.56. The first kappa shape index (κ1) is 12.9. The molecule has 2 fully saturated rings. The molecule has 1 N–H and O–H groups in total. The maximum absolute atomic E-state index is 12.1. The van der Waals surface area contributed by atoms with Crippen molar-refractivity contribution in [3.63, 3.8) is 0 Å². The van der Waals surface area contributed by atoms with Crippen LogP contribution in [0.15, 0.2) is 0 Å². The van der Waals surface area contributed by atoms with Crippen LogP contribution in [0.2, 0.25) is 0 Å². The summed E-state index contributed by atoms with van der Waals surface area (Å²) in [7, 11) is 1.45. The van der Waals surface area contributed by atoms with E-state index >= 15 is 0 Å². The number of methoxy groups -OCH3 is 1. The Balaban J connectivity index is 2.37. The molecule has 2 aliphatic carbocycles. The molecule has 0 aromatic rings. The topological polar surface area (TPSA) is 46.5 Å². The number of hydrogen-bond acceptors (Lipinski definition) is 3. The Morgan fingerprint density at radius 3 is 2.47 bits per heavy atom. The van der Waals surface area contributed by atoms with Crippen molar-refractivity contribution in [3.8, 4) is 0 Å². The molecule has 4 atom stereocenters. The van der Waals surface area contributed by atoms with Gasteiger partial charge in [0.2, 0.25) is 0 Å². The highest BCUT2D eigenvalue weighted by atomic mass is 16.5. The van der Waals surface area contributed by atoms with Gasteiger partial charge in [-0.1, -0.05) is 20.8 Å². The lowest BCUT2D eigenvalue weighted by atomic mass is 9.55. The summed E-state index contributed by atoms with van der Waals surface area (Å²) < 4.78 is 4.98. The smallest absolute Gasteiger partial charge is 0.309 e. The highest BCUT2D eigenvalue weighted by Crippen LogP contribution is 2.59. The van der Waals surface area contributed by atoms with E-state index in [1.54, 1.807) is 0 Å².